The maximum Gasteiger partial charge on any atom is 0.0971 e. The number of thiazole rings is 1. The average Bonchev–Trinajstić information content (AvgIpc) is 2.68. The van der Waals surface area contributed by atoms with Gasteiger partial charge in [0.05, 0.1) is 5.01 Å². The molecule has 0 atom stereocenters. The van der Waals surface area contributed by atoms with Crippen LogP contribution in [0.25, 0.3) is 0 Å². The summed E-state index contributed by atoms with van der Waals surface area (Å²) in [6.07, 6.45) is 2.89. The van der Waals surface area contributed by atoms with Gasteiger partial charge in [-0.1, -0.05) is 44.2 Å². The summed E-state index contributed by atoms with van der Waals surface area (Å²) in [5.74, 6) is 0. The Morgan fingerprint density at radius 2 is 1.80 bits per heavy atom. The topological polar surface area (TPSA) is 12.9 Å². The Bertz CT molecular complexity index is 378. The first-order valence-electron chi connectivity index (χ1n) is 5.30. The van der Waals surface area contributed by atoms with Crippen LogP contribution in [0.1, 0.15) is 29.3 Å². The molecule has 0 saturated carbocycles. The third-order valence-electron chi connectivity index (χ3n) is 1.87. The molecular formula is C13H17NS. The van der Waals surface area contributed by atoms with Gasteiger partial charge in [0.25, 0.3) is 0 Å². The monoisotopic (exact) mass is 219 g/mol. The second-order valence-corrected chi connectivity index (χ2v) is 4.35. The van der Waals surface area contributed by atoms with Crippen molar-refractivity contribution in [1.82, 2.24) is 4.98 Å². The summed E-state index contributed by atoms with van der Waals surface area (Å²) < 4.78 is 0. The van der Waals surface area contributed by atoms with Crippen molar-refractivity contribution in [2.24, 2.45) is 0 Å². The highest BCUT2D eigenvalue weighted by Gasteiger charge is 1.99. The largest absolute Gasteiger partial charge is 0.249 e. The van der Waals surface area contributed by atoms with Gasteiger partial charge in [-0.3, -0.25) is 0 Å². The van der Waals surface area contributed by atoms with Crippen molar-refractivity contribution < 1.29 is 0 Å². The molecule has 1 aromatic carbocycles. The maximum atomic E-state index is 4.33. The van der Waals surface area contributed by atoms with Crippen molar-refractivity contribution in [3.05, 3.63) is 52.0 Å². The van der Waals surface area contributed by atoms with Crippen LogP contribution < -0.4 is 0 Å². The molecule has 2 aromatic rings. The van der Waals surface area contributed by atoms with Crippen LogP contribution in [0.5, 0.6) is 0 Å². The van der Waals surface area contributed by atoms with Gasteiger partial charge in [0.1, 0.15) is 0 Å². The Kier molecular flexibility index (Phi) is 5.05. The van der Waals surface area contributed by atoms with Gasteiger partial charge in [-0.05, 0) is 12.5 Å². The third-order valence-corrected chi connectivity index (χ3v) is 2.78. The molecule has 0 fully saturated rings. The lowest BCUT2D eigenvalue weighted by Crippen LogP contribution is -1.84. The number of aromatic nitrogens is 1. The van der Waals surface area contributed by atoms with E-state index < -0.39 is 0 Å². The van der Waals surface area contributed by atoms with E-state index in [1.54, 1.807) is 11.3 Å². The molecule has 2 heteroatoms. The zero-order valence-electron chi connectivity index (χ0n) is 9.53. The van der Waals surface area contributed by atoms with E-state index in [2.05, 4.69) is 36.2 Å². The van der Waals surface area contributed by atoms with Gasteiger partial charge in [0.15, 0.2) is 0 Å². The van der Waals surface area contributed by atoms with Crippen molar-refractivity contribution in [3.63, 3.8) is 0 Å². The summed E-state index contributed by atoms with van der Waals surface area (Å²) in [7, 11) is 0. The molecule has 80 valence electrons. The molecule has 0 spiro atoms. The van der Waals surface area contributed by atoms with Crippen molar-refractivity contribution >= 4 is 11.3 Å². The van der Waals surface area contributed by atoms with Gasteiger partial charge in [-0.2, -0.15) is 0 Å². The molecule has 0 aliphatic rings. The van der Waals surface area contributed by atoms with Crippen LogP contribution in [0.2, 0.25) is 0 Å². The van der Waals surface area contributed by atoms with Crippen LogP contribution in [-0.4, -0.2) is 4.98 Å². The van der Waals surface area contributed by atoms with Crippen molar-refractivity contribution in [2.45, 2.75) is 27.2 Å². The van der Waals surface area contributed by atoms with Crippen molar-refractivity contribution in [3.8, 4) is 0 Å². The molecule has 1 nitrogen and oxygen atoms in total. The van der Waals surface area contributed by atoms with E-state index in [-0.39, 0.29) is 0 Å². The van der Waals surface area contributed by atoms with E-state index in [4.69, 9.17) is 0 Å². The first kappa shape index (κ1) is 11.9. The number of nitrogens with zero attached hydrogens (tertiary/aromatic N) is 1. The molecule has 0 radical (unpaired) electrons. The standard InChI is InChI=1S/C11H11NS.C2H6/c1-9-8-12-11(13-9)7-10-5-3-2-4-6-10;1-2/h2-6,8H,7H2,1H3;1-2H3. The number of hydrogen-bond acceptors (Lipinski definition) is 2. The van der Waals surface area contributed by atoms with E-state index >= 15 is 0 Å². The molecule has 0 N–H and O–H groups in total. The molecular weight excluding hydrogens is 202 g/mol. The lowest BCUT2D eigenvalue weighted by atomic mass is 10.2. The summed E-state index contributed by atoms with van der Waals surface area (Å²) in [5.41, 5.74) is 1.33. The van der Waals surface area contributed by atoms with Crippen molar-refractivity contribution in [2.75, 3.05) is 0 Å². The predicted molar refractivity (Wildman–Crippen MR) is 67.4 cm³/mol. The second kappa shape index (κ2) is 6.36. The minimum Gasteiger partial charge on any atom is -0.249 e. The Labute approximate surface area is 95.8 Å². The highest BCUT2D eigenvalue weighted by atomic mass is 32.1. The number of hydrogen-bond donors (Lipinski definition) is 0. The third kappa shape index (κ3) is 3.84. The second-order valence-electron chi connectivity index (χ2n) is 3.03. The predicted octanol–water partition coefficient (Wildman–Crippen LogP) is 4.07. The van der Waals surface area contributed by atoms with Gasteiger partial charge in [-0.25, -0.2) is 4.98 Å². The smallest absolute Gasteiger partial charge is 0.0971 e. The fourth-order valence-corrected chi connectivity index (χ4v) is 2.07. The fourth-order valence-electron chi connectivity index (χ4n) is 1.25. The normalized spacial score (nSPS) is 9.27. The first-order chi connectivity index (χ1) is 7.34. The maximum absolute atomic E-state index is 4.33. The van der Waals surface area contributed by atoms with E-state index in [1.807, 2.05) is 26.1 Å². The molecule has 0 saturated heterocycles. The summed E-state index contributed by atoms with van der Waals surface area (Å²) in [6.45, 7) is 6.09. The Morgan fingerprint density at radius 1 is 1.13 bits per heavy atom. The molecule has 1 heterocycles. The van der Waals surface area contributed by atoms with Crippen LogP contribution in [0.3, 0.4) is 0 Å². The molecule has 0 bridgehead atoms. The molecule has 0 aliphatic heterocycles. The average molecular weight is 219 g/mol. The lowest BCUT2D eigenvalue weighted by Gasteiger charge is -1.95. The molecule has 0 amide bonds. The van der Waals surface area contributed by atoms with Crippen LogP contribution in [-0.2, 0) is 6.42 Å². The number of benzene rings is 1. The highest BCUT2D eigenvalue weighted by molar-refractivity contribution is 7.11. The summed E-state index contributed by atoms with van der Waals surface area (Å²) in [4.78, 5) is 5.61. The molecule has 2 rings (SSSR count). The molecule has 15 heavy (non-hydrogen) atoms. The molecule has 1 aromatic heterocycles. The Morgan fingerprint density at radius 3 is 2.33 bits per heavy atom. The Balaban J connectivity index is 0.000000531. The van der Waals surface area contributed by atoms with Gasteiger partial charge in [0.2, 0.25) is 0 Å². The molecule has 0 aliphatic carbocycles. The lowest BCUT2D eigenvalue weighted by molar-refractivity contribution is 1.14. The SMILES string of the molecule is CC.Cc1cnc(Cc2ccccc2)s1. The molecule has 0 unspecified atom stereocenters. The van der Waals surface area contributed by atoms with Crippen LogP contribution in [0.4, 0.5) is 0 Å². The minimum atomic E-state index is 0.958. The van der Waals surface area contributed by atoms with E-state index in [0.29, 0.717) is 0 Å². The quantitative estimate of drug-likeness (QED) is 0.742. The summed E-state index contributed by atoms with van der Waals surface area (Å²) in [5, 5.41) is 1.20. The number of aryl methyl sites for hydroxylation is 1. The van der Waals surface area contributed by atoms with Crippen molar-refractivity contribution in [1.29, 1.82) is 0 Å². The number of rotatable bonds is 2. The van der Waals surface area contributed by atoms with E-state index in [1.165, 1.54) is 15.4 Å². The van der Waals surface area contributed by atoms with Crippen LogP contribution in [0.15, 0.2) is 36.5 Å². The van der Waals surface area contributed by atoms with Gasteiger partial charge < -0.3 is 0 Å². The fraction of sp³-hybridized carbons (Fsp3) is 0.308. The van der Waals surface area contributed by atoms with Gasteiger partial charge in [0, 0.05) is 17.5 Å². The van der Waals surface area contributed by atoms with Gasteiger partial charge in [-0.15, -0.1) is 11.3 Å². The zero-order valence-corrected chi connectivity index (χ0v) is 10.3. The highest BCUT2D eigenvalue weighted by Crippen LogP contribution is 2.15. The first-order valence-corrected chi connectivity index (χ1v) is 6.11. The Hall–Kier alpha value is -1.15. The summed E-state index contributed by atoms with van der Waals surface area (Å²) in [6, 6.07) is 10.4. The zero-order chi connectivity index (χ0) is 11.1. The van der Waals surface area contributed by atoms with E-state index in [0.717, 1.165) is 6.42 Å². The van der Waals surface area contributed by atoms with Gasteiger partial charge >= 0.3 is 0 Å². The van der Waals surface area contributed by atoms with Crippen LogP contribution in [0, 0.1) is 6.92 Å². The minimum absolute atomic E-state index is 0.958. The van der Waals surface area contributed by atoms with Crippen LogP contribution >= 0.6 is 11.3 Å². The van der Waals surface area contributed by atoms with E-state index in [9.17, 15) is 0 Å². The summed E-state index contributed by atoms with van der Waals surface area (Å²) >= 11 is 1.77.